The van der Waals surface area contributed by atoms with Crippen LogP contribution in [0.5, 0.6) is 5.75 Å². The molecule has 2 fully saturated rings. The van der Waals surface area contributed by atoms with Gasteiger partial charge in [0.2, 0.25) is 11.6 Å². The van der Waals surface area contributed by atoms with Crippen LogP contribution in [0, 0.1) is 23.6 Å². The van der Waals surface area contributed by atoms with Crippen LogP contribution in [0.3, 0.4) is 0 Å². The van der Waals surface area contributed by atoms with Crippen LogP contribution >= 0.6 is 0 Å². The Hall–Kier alpha value is -3.17. The highest BCUT2D eigenvalue weighted by atomic mass is 19.4. The quantitative estimate of drug-likeness (QED) is 0.440. The number of ether oxygens (including phenoxy) is 1. The summed E-state index contributed by atoms with van der Waals surface area (Å²) in [5.74, 6) is -2.18. The molecular weight excluding hydrogens is 533 g/mol. The van der Waals surface area contributed by atoms with Crippen molar-refractivity contribution in [2.75, 3.05) is 13.2 Å². The van der Waals surface area contributed by atoms with Gasteiger partial charge in [0, 0.05) is 29.0 Å². The van der Waals surface area contributed by atoms with Crippen molar-refractivity contribution in [1.29, 1.82) is 0 Å². The highest BCUT2D eigenvalue weighted by molar-refractivity contribution is 5.81. The predicted molar refractivity (Wildman–Crippen MR) is 136 cm³/mol. The lowest BCUT2D eigenvalue weighted by molar-refractivity contribution is -0.228. The Bertz CT molecular complexity index is 1290. The molecule has 216 valence electrons. The third-order valence-electron chi connectivity index (χ3n) is 9.35. The molecule has 3 aliphatic rings. The number of aliphatic carboxylic acids is 1. The Morgan fingerprint density at radius 1 is 1.10 bits per heavy atom. The second-order valence-corrected chi connectivity index (χ2v) is 11.7. The summed E-state index contributed by atoms with van der Waals surface area (Å²) in [4.78, 5) is 27.2. The van der Waals surface area contributed by atoms with E-state index >= 15 is 0 Å². The largest absolute Gasteiger partial charge is 0.491 e. The summed E-state index contributed by atoms with van der Waals surface area (Å²) in [5.41, 5.74) is -3.50. The van der Waals surface area contributed by atoms with Gasteiger partial charge in [-0.15, -0.1) is 0 Å². The standard InChI is InChI=1S/C30H32F5NO4/c1-17-13-19(5-9-22(17)27(38)39)26(37)36-12-11-29(15-18-3-7-21(31)8-4-18)23-10-6-20(28(2,32)30(33,34)35)14-24(23)40-16-25(29)36/h3-4,6-8,10,14,17,19,22,25H,5,9,11-13,15-16H2,1-2H3,(H,38,39)/t17-,19?,22-,25?,28?,29?/m1/s1. The van der Waals surface area contributed by atoms with E-state index in [9.17, 15) is 36.6 Å². The maximum Gasteiger partial charge on any atom is 0.426 e. The topological polar surface area (TPSA) is 66.8 Å². The van der Waals surface area contributed by atoms with E-state index < -0.39 is 46.6 Å². The Morgan fingerprint density at radius 3 is 2.42 bits per heavy atom. The van der Waals surface area contributed by atoms with E-state index in [0.29, 0.717) is 51.1 Å². The minimum Gasteiger partial charge on any atom is -0.491 e. The molecule has 40 heavy (non-hydrogen) atoms. The SMILES string of the molecule is C[C@@H]1CC(C(=O)N2CCC3(Cc4ccc(F)cc4)c4ccc(C(C)(F)C(F)(F)F)cc4OCC23)CC[C@H]1C(=O)O. The van der Waals surface area contributed by atoms with Gasteiger partial charge in [-0.1, -0.05) is 31.2 Å². The Labute approximate surface area is 229 Å². The Kier molecular flexibility index (Phi) is 7.11. The molecule has 0 aromatic heterocycles. The highest BCUT2D eigenvalue weighted by Crippen LogP contribution is 2.52. The maximum atomic E-state index is 14.8. The molecule has 0 radical (unpaired) electrons. The van der Waals surface area contributed by atoms with Crippen LogP contribution in [-0.4, -0.2) is 47.3 Å². The lowest BCUT2D eigenvalue weighted by Crippen LogP contribution is -2.53. The summed E-state index contributed by atoms with van der Waals surface area (Å²) in [6.07, 6.45) is -2.92. The molecular formula is C30H32F5NO4. The van der Waals surface area contributed by atoms with Crippen molar-refractivity contribution in [2.24, 2.45) is 17.8 Å². The second kappa shape index (κ2) is 10.0. The van der Waals surface area contributed by atoms with Gasteiger partial charge < -0.3 is 14.7 Å². The fourth-order valence-electron chi connectivity index (χ4n) is 6.94. The van der Waals surface area contributed by atoms with Gasteiger partial charge in [0.25, 0.3) is 0 Å². The van der Waals surface area contributed by atoms with Crippen molar-refractivity contribution in [3.8, 4) is 5.75 Å². The summed E-state index contributed by atoms with van der Waals surface area (Å²) in [6, 6.07) is 9.21. The third-order valence-corrected chi connectivity index (χ3v) is 9.35. The van der Waals surface area contributed by atoms with Crippen LogP contribution in [0.25, 0.3) is 0 Å². The first-order valence-corrected chi connectivity index (χ1v) is 13.6. The average molecular weight is 566 g/mol. The normalized spacial score (nSPS) is 29.6. The number of carboxylic acid groups (broad SMARTS) is 1. The molecule has 1 aliphatic carbocycles. The number of amides is 1. The number of benzene rings is 2. The zero-order valence-corrected chi connectivity index (χ0v) is 22.3. The number of carbonyl (C=O) groups excluding carboxylic acids is 1. The summed E-state index contributed by atoms with van der Waals surface area (Å²) in [5, 5.41) is 9.48. The van der Waals surface area contributed by atoms with Gasteiger partial charge in [-0.25, -0.2) is 8.78 Å². The summed E-state index contributed by atoms with van der Waals surface area (Å²) < 4.78 is 74.8. The zero-order chi connectivity index (χ0) is 29.0. The van der Waals surface area contributed by atoms with Crippen LogP contribution in [0.1, 0.15) is 56.2 Å². The number of hydrogen-bond acceptors (Lipinski definition) is 3. The van der Waals surface area contributed by atoms with Gasteiger partial charge in [-0.3, -0.25) is 9.59 Å². The first kappa shape index (κ1) is 28.4. The van der Waals surface area contributed by atoms with Crippen molar-refractivity contribution >= 4 is 11.9 Å². The molecule has 2 aromatic rings. The molecule has 1 N–H and O–H groups in total. The average Bonchev–Trinajstić information content (AvgIpc) is 3.27. The number of carbonyl (C=O) groups is 2. The van der Waals surface area contributed by atoms with Gasteiger partial charge in [0.15, 0.2) is 0 Å². The van der Waals surface area contributed by atoms with Crippen molar-refractivity contribution in [1.82, 2.24) is 4.90 Å². The fourth-order valence-corrected chi connectivity index (χ4v) is 6.94. The summed E-state index contributed by atoms with van der Waals surface area (Å²) in [7, 11) is 0. The lowest BCUT2D eigenvalue weighted by Gasteiger charge is -2.44. The first-order valence-electron chi connectivity index (χ1n) is 13.6. The van der Waals surface area contributed by atoms with Crippen LogP contribution < -0.4 is 4.74 Å². The van der Waals surface area contributed by atoms with E-state index in [0.717, 1.165) is 17.7 Å². The number of carboxylic acids is 1. The molecule has 5 nitrogen and oxygen atoms in total. The summed E-state index contributed by atoms with van der Waals surface area (Å²) >= 11 is 0. The number of likely N-dealkylation sites (tertiary alicyclic amines) is 1. The molecule has 1 amide bonds. The molecule has 1 saturated carbocycles. The van der Waals surface area contributed by atoms with Crippen molar-refractivity contribution in [2.45, 2.75) is 69.3 Å². The van der Waals surface area contributed by atoms with Crippen molar-refractivity contribution in [3.63, 3.8) is 0 Å². The molecule has 0 spiro atoms. The van der Waals surface area contributed by atoms with Gasteiger partial charge >= 0.3 is 12.1 Å². The molecule has 0 bridgehead atoms. The number of alkyl halides is 4. The Balaban J connectivity index is 1.50. The minimum absolute atomic E-state index is 0.0123. The minimum atomic E-state index is -5.11. The Morgan fingerprint density at radius 2 is 1.80 bits per heavy atom. The van der Waals surface area contributed by atoms with Gasteiger partial charge in [0.1, 0.15) is 18.2 Å². The molecule has 2 aliphatic heterocycles. The van der Waals surface area contributed by atoms with E-state index in [1.54, 1.807) is 17.0 Å². The molecule has 5 rings (SSSR count). The molecule has 2 heterocycles. The smallest absolute Gasteiger partial charge is 0.426 e. The third kappa shape index (κ3) is 4.73. The number of halogens is 5. The van der Waals surface area contributed by atoms with Crippen LogP contribution in [-0.2, 0) is 27.1 Å². The van der Waals surface area contributed by atoms with E-state index in [4.69, 9.17) is 4.74 Å². The van der Waals surface area contributed by atoms with Crippen molar-refractivity contribution in [3.05, 3.63) is 65.0 Å². The van der Waals surface area contributed by atoms with Crippen molar-refractivity contribution < 1.29 is 41.4 Å². The van der Waals surface area contributed by atoms with Gasteiger partial charge in [0.05, 0.1) is 12.0 Å². The maximum absolute atomic E-state index is 14.8. The molecule has 2 aromatic carbocycles. The van der Waals surface area contributed by atoms with Crippen LogP contribution in [0.2, 0.25) is 0 Å². The van der Waals surface area contributed by atoms with E-state index in [1.807, 2.05) is 6.92 Å². The second-order valence-electron chi connectivity index (χ2n) is 11.7. The highest BCUT2D eigenvalue weighted by Gasteiger charge is 2.57. The van der Waals surface area contributed by atoms with E-state index in [2.05, 4.69) is 0 Å². The zero-order valence-electron chi connectivity index (χ0n) is 22.3. The van der Waals surface area contributed by atoms with Gasteiger partial charge in [-0.2, -0.15) is 13.2 Å². The van der Waals surface area contributed by atoms with Crippen LogP contribution in [0.15, 0.2) is 42.5 Å². The fraction of sp³-hybridized carbons (Fsp3) is 0.533. The monoisotopic (exact) mass is 565 g/mol. The summed E-state index contributed by atoms with van der Waals surface area (Å²) in [6.45, 7) is 2.72. The number of fused-ring (bicyclic) bond motifs is 3. The first-order chi connectivity index (χ1) is 18.7. The van der Waals surface area contributed by atoms with E-state index in [-0.39, 0.29) is 30.1 Å². The number of nitrogens with zero attached hydrogens (tertiary/aromatic N) is 1. The van der Waals surface area contributed by atoms with E-state index in [1.165, 1.54) is 18.2 Å². The lowest BCUT2D eigenvalue weighted by atomic mass is 9.68. The van der Waals surface area contributed by atoms with Gasteiger partial charge in [-0.05, 0) is 68.7 Å². The molecule has 6 atom stereocenters. The molecule has 4 unspecified atom stereocenters. The molecule has 10 heteroatoms. The van der Waals surface area contributed by atoms with Crippen LogP contribution in [0.4, 0.5) is 22.0 Å². The predicted octanol–water partition coefficient (Wildman–Crippen LogP) is 6.18. The number of rotatable bonds is 5. The number of hydrogen-bond donors (Lipinski definition) is 1. The molecule has 1 saturated heterocycles.